The number of aromatic nitrogens is 2. The van der Waals surface area contributed by atoms with Gasteiger partial charge in [-0.25, -0.2) is 4.98 Å². The Bertz CT molecular complexity index is 689. The summed E-state index contributed by atoms with van der Waals surface area (Å²) < 4.78 is 5.20. The number of carbonyl (C=O) groups excluding carboxylic acids is 1. The van der Waals surface area contributed by atoms with Crippen LogP contribution in [0.15, 0.2) is 35.1 Å². The Morgan fingerprint density at radius 3 is 2.50 bits per heavy atom. The molecule has 2 fully saturated rings. The van der Waals surface area contributed by atoms with E-state index in [0.29, 0.717) is 18.8 Å². The van der Waals surface area contributed by atoms with Crippen LogP contribution in [0.4, 0.5) is 11.8 Å². The summed E-state index contributed by atoms with van der Waals surface area (Å²) in [4.78, 5) is 27.7. The Labute approximate surface area is 140 Å². The largest absolute Gasteiger partial charge is 0.459 e. The first-order valence-electron chi connectivity index (χ1n) is 8.47. The molecule has 2 aliphatic heterocycles. The summed E-state index contributed by atoms with van der Waals surface area (Å²) in [6.45, 7) is 4.91. The monoisotopic (exact) mass is 327 g/mol. The van der Waals surface area contributed by atoms with Crippen molar-refractivity contribution in [2.45, 2.75) is 12.8 Å². The lowest BCUT2D eigenvalue weighted by Crippen LogP contribution is -2.49. The highest BCUT2D eigenvalue weighted by molar-refractivity contribution is 5.91. The highest BCUT2D eigenvalue weighted by Crippen LogP contribution is 2.20. The van der Waals surface area contributed by atoms with Crippen LogP contribution in [0.5, 0.6) is 0 Å². The van der Waals surface area contributed by atoms with Gasteiger partial charge in [0.2, 0.25) is 5.95 Å². The molecular formula is C17H21N5O2. The number of piperazine rings is 1. The lowest BCUT2D eigenvalue weighted by atomic mass is 10.3. The van der Waals surface area contributed by atoms with Gasteiger partial charge in [0.25, 0.3) is 5.91 Å². The zero-order valence-electron chi connectivity index (χ0n) is 13.6. The zero-order chi connectivity index (χ0) is 16.4. The van der Waals surface area contributed by atoms with Gasteiger partial charge in [0.15, 0.2) is 5.76 Å². The number of hydrogen-bond donors (Lipinski definition) is 0. The van der Waals surface area contributed by atoms with Gasteiger partial charge in [-0.15, -0.1) is 0 Å². The van der Waals surface area contributed by atoms with Crippen LogP contribution < -0.4 is 9.80 Å². The van der Waals surface area contributed by atoms with Crippen LogP contribution in [0.2, 0.25) is 0 Å². The van der Waals surface area contributed by atoms with E-state index < -0.39 is 0 Å². The molecule has 0 saturated carbocycles. The van der Waals surface area contributed by atoms with E-state index in [2.05, 4.69) is 14.8 Å². The van der Waals surface area contributed by atoms with Crippen molar-refractivity contribution in [3.63, 3.8) is 0 Å². The summed E-state index contributed by atoms with van der Waals surface area (Å²) in [5.74, 6) is 2.11. The molecule has 126 valence electrons. The van der Waals surface area contributed by atoms with E-state index in [-0.39, 0.29) is 5.91 Å². The second-order valence-corrected chi connectivity index (χ2v) is 6.17. The minimum absolute atomic E-state index is 0.0496. The minimum atomic E-state index is -0.0496. The van der Waals surface area contributed by atoms with E-state index >= 15 is 0 Å². The van der Waals surface area contributed by atoms with Gasteiger partial charge >= 0.3 is 0 Å². The summed E-state index contributed by atoms with van der Waals surface area (Å²) in [6.07, 6.45) is 5.82. The maximum Gasteiger partial charge on any atom is 0.289 e. The molecule has 0 unspecified atom stereocenters. The Morgan fingerprint density at radius 1 is 1.00 bits per heavy atom. The molecular weight excluding hydrogens is 306 g/mol. The first-order valence-corrected chi connectivity index (χ1v) is 8.47. The maximum absolute atomic E-state index is 12.3. The lowest BCUT2D eigenvalue weighted by molar-refractivity contribution is 0.0714. The molecule has 2 saturated heterocycles. The summed E-state index contributed by atoms with van der Waals surface area (Å²) in [7, 11) is 0. The summed E-state index contributed by atoms with van der Waals surface area (Å²) in [5.41, 5.74) is 0. The molecule has 0 bridgehead atoms. The first kappa shape index (κ1) is 15.0. The third-order valence-electron chi connectivity index (χ3n) is 4.64. The molecule has 24 heavy (non-hydrogen) atoms. The van der Waals surface area contributed by atoms with Crippen molar-refractivity contribution in [1.82, 2.24) is 14.9 Å². The quantitative estimate of drug-likeness (QED) is 0.854. The minimum Gasteiger partial charge on any atom is -0.459 e. The fraction of sp³-hybridized carbons (Fsp3) is 0.471. The molecule has 7 nitrogen and oxygen atoms in total. The number of rotatable bonds is 3. The maximum atomic E-state index is 12.3. The van der Waals surface area contributed by atoms with E-state index in [9.17, 15) is 4.79 Å². The summed E-state index contributed by atoms with van der Waals surface area (Å²) >= 11 is 0. The van der Waals surface area contributed by atoms with Crippen molar-refractivity contribution in [2.75, 3.05) is 49.1 Å². The molecule has 0 aliphatic carbocycles. The smallest absolute Gasteiger partial charge is 0.289 e. The topological polar surface area (TPSA) is 65.7 Å². The van der Waals surface area contributed by atoms with E-state index in [1.165, 1.54) is 19.1 Å². The number of furan rings is 1. The van der Waals surface area contributed by atoms with Gasteiger partial charge in [-0.3, -0.25) is 4.79 Å². The van der Waals surface area contributed by atoms with Crippen molar-refractivity contribution < 1.29 is 9.21 Å². The average molecular weight is 327 g/mol. The lowest BCUT2D eigenvalue weighted by Gasteiger charge is -2.34. The van der Waals surface area contributed by atoms with Gasteiger partial charge in [0.1, 0.15) is 5.82 Å². The van der Waals surface area contributed by atoms with Crippen LogP contribution in [0.1, 0.15) is 23.4 Å². The van der Waals surface area contributed by atoms with Crippen LogP contribution in [0.25, 0.3) is 0 Å². The molecule has 4 rings (SSSR count). The van der Waals surface area contributed by atoms with Crippen molar-refractivity contribution in [3.8, 4) is 0 Å². The molecule has 1 amide bonds. The number of amides is 1. The second-order valence-electron chi connectivity index (χ2n) is 6.17. The van der Waals surface area contributed by atoms with Crippen LogP contribution >= 0.6 is 0 Å². The van der Waals surface area contributed by atoms with Gasteiger partial charge in [-0.1, -0.05) is 0 Å². The second kappa shape index (κ2) is 6.51. The van der Waals surface area contributed by atoms with Crippen LogP contribution in [0, 0.1) is 0 Å². The molecule has 0 radical (unpaired) electrons. The summed E-state index contributed by atoms with van der Waals surface area (Å²) in [5, 5.41) is 0. The molecule has 0 atom stereocenters. The molecule has 2 aliphatic rings. The molecule has 2 aromatic heterocycles. The van der Waals surface area contributed by atoms with Gasteiger partial charge < -0.3 is 19.1 Å². The predicted octanol–water partition coefficient (Wildman–Crippen LogP) is 1.63. The molecule has 7 heteroatoms. The van der Waals surface area contributed by atoms with Crippen LogP contribution in [0.3, 0.4) is 0 Å². The highest BCUT2D eigenvalue weighted by Gasteiger charge is 2.25. The average Bonchev–Trinajstić information content (AvgIpc) is 3.35. The normalized spacial score (nSPS) is 18.2. The SMILES string of the molecule is O=C(c1ccco1)N1CCN(c2nccc(N3CCCC3)n2)CC1. The van der Waals surface area contributed by atoms with Gasteiger partial charge in [-0.2, -0.15) is 4.98 Å². The van der Waals surface area contributed by atoms with E-state index in [0.717, 1.165) is 37.9 Å². The Kier molecular flexibility index (Phi) is 4.06. The van der Waals surface area contributed by atoms with Gasteiger partial charge in [0, 0.05) is 45.5 Å². The molecule has 0 spiro atoms. The van der Waals surface area contributed by atoms with E-state index in [1.54, 1.807) is 12.1 Å². The highest BCUT2D eigenvalue weighted by atomic mass is 16.3. The van der Waals surface area contributed by atoms with E-state index in [1.807, 2.05) is 17.2 Å². The molecule has 0 aromatic carbocycles. The van der Waals surface area contributed by atoms with Gasteiger partial charge in [-0.05, 0) is 31.0 Å². The number of nitrogens with zero attached hydrogens (tertiary/aromatic N) is 5. The van der Waals surface area contributed by atoms with Gasteiger partial charge in [0.05, 0.1) is 6.26 Å². The van der Waals surface area contributed by atoms with Crippen molar-refractivity contribution in [1.29, 1.82) is 0 Å². The van der Waals surface area contributed by atoms with E-state index in [4.69, 9.17) is 9.40 Å². The number of carbonyl (C=O) groups is 1. The third-order valence-corrected chi connectivity index (χ3v) is 4.64. The fourth-order valence-electron chi connectivity index (χ4n) is 3.28. The Balaban J connectivity index is 1.40. The standard InChI is InChI=1S/C17H21N5O2/c23-16(14-4-3-13-24-14)21-9-11-22(12-10-21)17-18-6-5-15(19-17)20-7-1-2-8-20/h3-6,13H,1-2,7-12H2. The number of anilines is 2. The van der Waals surface area contributed by atoms with Crippen molar-refractivity contribution >= 4 is 17.7 Å². The Hall–Kier alpha value is -2.57. The molecule has 4 heterocycles. The van der Waals surface area contributed by atoms with Crippen LogP contribution in [-0.4, -0.2) is 60.0 Å². The Morgan fingerprint density at radius 2 is 1.79 bits per heavy atom. The molecule has 0 N–H and O–H groups in total. The fourth-order valence-corrected chi connectivity index (χ4v) is 3.28. The molecule has 2 aromatic rings. The number of hydrogen-bond acceptors (Lipinski definition) is 6. The van der Waals surface area contributed by atoms with Crippen molar-refractivity contribution in [3.05, 3.63) is 36.4 Å². The predicted molar refractivity (Wildman–Crippen MR) is 90.3 cm³/mol. The summed E-state index contributed by atoms with van der Waals surface area (Å²) in [6, 6.07) is 5.42. The first-order chi connectivity index (χ1) is 11.8. The van der Waals surface area contributed by atoms with Crippen molar-refractivity contribution in [2.24, 2.45) is 0 Å². The third kappa shape index (κ3) is 2.93. The van der Waals surface area contributed by atoms with Crippen LogP contribution in [-0.2, 0) is 0 Å². The zero-order valence-corrected chi connectivity index (χ0v) is 13.6.